The second-order valence-electron chi connectivity index (χ2n) is 6.45. The number of rotatable bonds is 10. The molecule has 0 N–H and O–H groups in total. The summed E-state index contributed by atoms with van der Waals surface area (Å²) >= 11 is 4.14. The number of alkyl halides is 18. The lowest BCUT2D eigenvalue weighted by molar-refractivity contribution is -0.441. The Labute approximate surface area is 186 Å². The van der Waals surface area contributed by atoms with E-state index in [0.717, 1.165) is 22.6 Å². The van der Waals surface area contributed by atoms with Gasteiger partial charge in [0.2, 0.25) is 0 Å². The van der Waals surface area contributed by atoms with Gasteiger partial charge in [-0.15, -0.1) is 12.6 Å². The van der Waals surface area contributed by atoms with E-state index >= 15 is 0 Å². The summed E-state index contributed by atoms with van der Waals surface area (Å²) in [5.74, 6) is -42.7. The Morgan fingerprint density at radius 2 is 0.969 bits per heavy atom. The van der Waals surface area contributed by atoms with Crippen molar-refractivity contribution >= 4 is 35.2 Å². The van der Waals surface area contributed by atoms with Crippen LogP contribution in [0.3, 0.4) is 0 Å². The minimum atomic E-state index is -8.20. The van der Waals surface area contributed by atoms with Crippen LogP contribution in [0, 0.1) is 5.92 Å². The molecule has 3 unspecified atom stereocenters. The molecule has 0 bridgehead atoms. The smallest absolute Gasteiger partial charge is 0.236 e. The fourth-order valence-corrected chi connectivity index (χ4v) is 3.91. The van der Waals surface area contributed by atoms with Gasteiger partial charge in [0.25, 0.3) is 0 Å². The Kier molecular flexibility index (Phi) is 9.47. The van der Waals surface area contributed by atoms with Gasteiger partial charge in [-0.25, -0.2) is 4.39 Å². The third kappa shape index (κ3) is 6.11. The van der Waals surface area contributed by atoms with Crippen molar-refractivity contribution < 1.29 is 74.6 Å². The molecule has 0 fully saturated rings. The van der Waals surface area contributed by atoms with Crippen LogP contribution in [0.5, 0.6) is 0 Å². The first-order valence-corrected chi connectivity index (χ1v) is 9.41. The van der Waals surface area contributed by atoms with Gasteiger partial charge in [-0.2, -0.15) is 70.2 Å². The van der Waals surface area contributed by atoms with Crippen molar-refractivity contribution in [2.24, 2.45) is 5.92 Å². The van der Waals surface area contributed by atoms with Crippen molar-refractivity contribution in [1.29, 1.82) is 0 Å². The van der Waals surface area contributed by atoms with Crippen LogP contribution in [0.25, 0.3) is 0 Å². The molecule has 32 heavy (non-hydrogen) atoms. The van der Waals surface area contributed by atoms with Crippen molar-refractivity contribution in [1.82, 2.24) is 0 Å². The zero-order chi connectivity index (χ0) is 26.4. The summed E-state index contributed by atoms with van der Waals surface area (Å²) in [7, 11) is 0. The molecule has 0 aliphatic rings. The predicted molar refractivity (Wildman–Crippen MR) is 85.9 cm³/mol. The third-order valence-corrected chi connectivity index (χ3v) is 5.18. The second-order valence-corrected chi connectivity index (χ2v) is 8.77. The summed E-state index contributed by atoms with van der Waals surface area (Å²) in [5, 5.41) is 0. The van der Waals surface area contributed by atoms with Crippen LogP contribution in [0.15, 0.2) is 0 Å². The van der Waals surface area contributed by atoms with Crippen molar-refractivity contribution in [3.05, 3.63) is 0 Å². The molecular formula is C13H10F17IS. The summed E-state index contributed by atoms with van der Waals surface area (Å²) in [6, 6.07) is 0. The zero-order valence-corrected chi connectivity index (χ0v) is 17.7. The summed E-state index contributed by atoms with van der Waals surface area (Å²) in [4.78, 5) is 0. The van der Waals surface area contributed by atoms with E-state index in [0.29, 0.717) is 0 Å². The van der Waals surface area contributed by atoms with E-state index in [4.69, 9.17) is 0 Å². The van der Waals surface area contributed by atoms with Crippen LogP contribution >= 0.6 is 35.2 Å². The summed E-state index contributed by atoms with van der Waals surface area (Å²) in [5.41, 5.74) is -2.14. The zero-order valence-electron chi connectivity index (χ0n) is 14.6. The number of hydrogen-bond donors (Lipinski definition) is 1. The maximum absolute atomic E-state index is 13.7. The highest BCUT2D eigenvalue weighted by Crippen LogP contribution is 2.61. The average Bonchev–Trinajstić information content (AvgIpc) is 2.50. The summed E-state index contributed by atoms with van der Waals surface area (Å²) in [6.07, 6.45) is -19.5. The molecule has 0 nitrogen and oxygen atoms in total. The first-order chi connectivity index (χ1) is 13.7. The molecule has 194 valence electrons. The highest BCUT2D eigenvalue weighted by Gasteiger charge is 2.90. The standard InChI is InChI=1S/C13H10F17IS/c14-6(32)2-5(31)1-4(8(17,18)19)3-7(15,16)9(20,21)10(22,23)11(24,25)12(26,27)13(28,29)30/h4-6,32H,1-3H2. The van der Waals surface area contributed by atoms with Crippen molar-refractivity contribution in [3.63, 3.8) is 0 Å². The molecule has 0 aliphatic carbocycles. The van der Waals surface area contributed by atoms with E-state index in [-0.39, 0.29) is 0 Å². The highest BCUT2D eigenvalue weighted by atomic mass is 127. The largest absolute Gasteiger partial charge is 0.460 e. The Hall–Kier alpha value is -0.110. The van der Waals surface area contributed by atoms with Gasteiger partial charge in [-0.3, -0.25) is 0 Å². The van der Waals surface area contributed by atoms with Crippen molar-refractivity contribution in [3.8, 4) is 0 Å². The van der Waals surface area contributed by atoms with Gasteiger partial charge in [0.15, 0.2) is 0 Å². The fourth-order valence-electron chi connectivity index (χ4n) is 2.19. The maximum Gasteiger partial charge on any atom is 0.460 e. The van der Waals surface area contributed by atoms with Crippen LogP contribution in [-0.4, -0.2) is 51.4 Å². The van der Waals surface area contributed by atoms with E-state index < -0.39 is 76.6 Å². The molecule has 0 radical (unpaired) electrons. The number of hydrogen-bond acceptors (Lipinski definition) is 1. The van der Waals surface area contributed by atoms with Crippen LogP contribution < -0.4 is 0 Å². The minimum absolute atomic E-state index is 0.899. The predicted octanol–water partition coefficient (Wildman–Crippen LogP) is 8.10. The normalized spacial score (nSPS) is 18.5. The Bertz CT molecular complexity index is 623. The SMILES string of the molecule is FC(S)CC(I)CC(CC(F)(F)C(F)(F)C(F)(F)C(F)(F)C(F)(F)C(F)(F)F)C(F)(F)F. The first-order valence-electron chi connectivity index (χ1n) is 7.65. The fraction of sp³-hybridized carbons (Fsp3) is 1.00. The monoisotopic (exact) mass is 648 g/mol. The van der Waals surface area contributed by atoms with Gasteiger partial charge >= 0.3 is 42.0 Å². The van der Waals surface area contributed by atoms with E-state index in [1.165, 1.54) is 0 Å². The molecule has 0 aromatic heterocycles. The van der Waals surface area contributed by atoms with Crippen LogP contribution in [0.1, 0.15) is 19.3 Å². The molecule has 0 aliphatic heterocycles. The quantitative estimate of drug-likeness (QED) is 0.105. The van der Waals surface area contributed by atoms with Gasteiger partial charge < -0.3 is 0 Å². The maximum atomic E-state index is 13.7. The van der Waals surface area contributed by atoms with Gasteiger partial charge in [0.1, 0.15) is 5.50 Å². The lowest BCUT2D eigenvalue weighted by Gasteiger charge is -2.40. The van der Waals surface area contributed by atoms with E-state index in [2.05, 4.69) is 12.6 Å². The van der Waals surface area contributed by atoms with Crippen molar-refractivity contribution in [2.75, 3.05) is 0 Å². The first kappa shape index (κ1) is 31.9. The van der Waals surface area contributed by atoms with Gasteiger partial charge in [0, 0.05) is 10.3 Å². The molecule has 3 atom stereocenters. The van der Waals surface area contributed by atoms with E-state index in [1.807, 2.05) is 0 Å². The number of thiol groups is 1. The molecule has 0 rings (SSSR count). The molecule has 0 amide bonds. The third-order valence-electron chi connectivity index (χ3n) is 3.95. The average molecular weight is 648 g/mol. The van der Waals surface area contributed by atoms with Gasteiger partial charge in [-0.1, -0.05) is 22.6 Å². The Morgan fingerprint density at radius 1 is 0.594 bits per heavy atom. The van der Waals surface area contributed by atoms with Crippen LogP contribution in [-0.2, 0) is 0 Å². The van der Waals surface area contributed by atoms with E-state index in [1.54, 1.807) is 0 Å². The van der Waals surface area contributed by atoms with Crippen LogP contribution in [0.4, 0.5) is 74.6 Å². The highest BCUT2D eigenvalue weighted by molar-refractivity contribution is 14.1. The minimum Gasteiger partial charge on any atom is -0.236 e. The molecule has 0 heterocycles. The van der Waals surface area contributed by atoms with Crippen LogP contribution in [0.2, 0.25) is 0 Å². The molecule has 0 saturated heterocycles. The number of halogens is 18. The molecular weight excluding hydrogens is 638 g/mol. The Morgan fingerprint density at radius 3 is 1.28 bits per heavy atom. The van der Waals surface area contributed by atoms with E-state index in [9.17, 15) is 74.6 Å². The Balaban J connectivity index is 6.24. The van der Waals surface area contributed by atoms with Gasteiger partial charge in [-0.05, 0) is 12.8 Å². The summed E-state index contributed by atoms with van der Waals surface area (Å²) < 4.78 is 219. The molecule has 0 aromatic rings. The van der Waals surface area contributed by atoms with Gasteiger partial charge in [0.05, 0.1) is 5.92 Å². The lowest BCUT2D eigenvalue weighted by Crippen LogP contribution is -2.70. The molecule has 0 spiro atoms. The topological polar surface area (TPSA) is 0 Å². The lowest BCUT2D eigenvalue weighted by atomic mass is 9.87. The molecule has 0 aromatic carbocycles. The van der Waals surface area contributed by atoms with Crippen molar-refractivity contribution in [2.45, 2.75) is 70.7 Å². The summed E-state index contributed by atoms with van der Waals surface area (Å²) in [6.45, 7) is 0. The second kappa shape index (κ2) is 9.50. The molecule has 0 saturated carbocycles. The molecule has 19 heteroatoms.